The van der Waals surface area contributed by atoms with E-state index in [0.29, 0.717) is 0 Å². The Morgan fingerprint density at radius 2 is 2.00 bits per heavy atom. The quantitative estimate of drug-likeness (QED) is 0.693. The number of carbonyl (C=O) groups excluding carboxylic acids is 1. The molecule has 82 valence electrons. The number of allylic oxidation sites excluding steroid dienone is 1. The van der Waals surface area contributed by atoms with E-state index in [9.17, 15) is 4.79 Å². The molecule has 0 unspecified atom stereocenters. The van der Waals surface area contributed by atoms with Crippen LogP contribution in [0.1, 0.15) is 21.5 Å². The molecule has 0 N–H and O–H groups in total. The second-order valence-corrected chi connectivity index (χ2v) is 4.12. The van der Waals surface area contributed by atoms with E-state index in [1.165, 1.54) is 0 Å². The summed E-state index contributed by atoms with van der Waals surface area (Å²) >= 11 is 0. The van der Waals surface area contributed by atoms with E-state index in [2.05, 4.69) is 4.98 Å². The predicted molar refractivity (Wildman–Crippen MR) is 66.7 cm³/mol. The Hall–Kier alpha value is -2.22. The Labute approximate surface area is 99.6 Å². The van der Waals surface area contributed by atoms with Crippen molar-refractivity contribution in [2.75, 3.05) is 0 Å². The van der Waals surface area contributed by atoms with Crippen molar-refractivity contribution in [2.45, 2.75) is 6.42 Å². The maximum atomic E-state index is 12.1. The molecule has 1 heterocycles. The van der Waals surface area contributed by atoms with Gasteiger partial charge in [-0.2, -0.15) is 0 Å². The lowest BCUT2D eigenvalue weighted by molar-refractivity contribution is 0.104. The predicted octanol–water partition coefficient (Wildman–Crippen LogP) is 2.90. The average molecular weight is 221 g/mol. The molecule has 1 aromatic carbocycles. The van der Waals surface area contributed by atoms with Crippen molar-refractivity contribution in [2.24, 2.45) is 0 Å². The summed E-state index contributed by atoms with van der Waals surface area (Å²) in [6, 6.07) is 11.6. The van der Waals surface area contributed by atoms with Gasteiger partial charge in [-0.15, -0.1) is 0 Å². The Balaban J connectivity index is 2.00. The first kappa shape index (κ1) is 9.97. The van der Waals surface area contributed by atoms with Gasteiger partial charge in [0.1, 0.15) is 0 Å². The highest BCUT2D eigenvalue weighted by molar-refractivity contribution is 6.15. The number of benzene rings is 1. The van der Waals surface area contributed by atoms with Crippen LogP contribution in [0.3, 0.4) is 0 Å². The fourth-order valence-corrected chi connectivity index (χ4v) is 2.13. The third-order valence-electron chi connectivity index (χ3n) is 2.96. The van der Waals surface area contributed by atoms with E-state index >= 15 is 0 Å². The van der Waals surface area contributed by atoms with Gasteiger partial charge >= 0.3 is 0 Å². The van der Waals surface area contributed by atoms with Crippen LogP contribution in [0.4, 0.5) is 0 Å². The number of pyridine rings is 1. The summed E-state index contributed by atoms with van der Waals surface area (Å²) in [4.78, 5) is 16.2. The summed E-state index contributed by atoms with van der Waals surface area (Å²) < 4.78 is 0. The zero-order valence-electron chi connectivity index (χ0n) is 9.26. The lowest BCUT2D eigenvalue weighted by atomic mass is 10.1. The van der Waals surface area contributed by atoms with Crippen LogP contribution in [0.5, 0.6) is 0 Å². The molecule has 0 bridgehead atoms. The normalized spacial score (nSPS) is 16.2. The van der Waals surface area contributed by atoms with Crippen molar-refractivity contribution in [3.63, 3.8) is 0 Å². The number of hydrogen-bond acceptors (Lipinski definition) is 2. The van der Waals surface area contributed by atoms with Gasteiger partial charge in [0.2, 0.25) is 0 Å². The minimum absolute atomic E-state index is 0.143. The second kappa shape index (κ2) is 3.98. The molecule has 0 atom stereocenters. The minimum Gasteiger partial charge on any atom is -0.289 e. The van der Waals surface area contributed by atoms with E-state index < -0.39 is 0 Å². The van der Waals surface area contributed by atoms with Crippen LogP contribution in [0.25, 0.3) is 6.08 Å². The van der Waals surface area contributed by atoms with Crippen LogP contribution in [-0.4, -0.2) is 10.8 Å². The van der Waals surface area contributed by atoms with E-state index in [1.807, 2.05) is 42.5 Å². The highest BCUT2D eigenvalue weighted by atomic mass is 16.1. The number of carbonyl (C=O) groups is 1. The lowest BCUT2D eigenvalue weighted by Crippen LogP contribution is -1.94. The van der Waals surface area contributed by atoms with Gasteiger partial charge < -0.3 is 0 Å². The number of ketones is 1. The SMILES string of the molecule is O=C1/C(=C\c2cccnc2)Cc2ccccc21. The standard InChI is InChI=1S/C15H11NO/c17-15-13(8-11-4-3-7-16-10-11)9-12-5-1-2-6-14(12)15/h1-8,10H,9H2/b13-8-. The zero-order chi connectivity index (χ0) is 11.7. The van der Waals surface area contributed by atoms with Gasteiger partial charge in [-0.25, -0.2) is 0 Å². The molecule has 0 spiro atoms. The first-order chi connectivity index (χ1) is 8.34. The zero-order valence-corrected chi connectivity index (χ0v) is 9.26. The van der Waals surface area contributed by atoms with Crippen molar-refractivity contribution in [1.82, 2.24) is 4.98 Å². The van der Waals surface area contributed by atoms with Crippen LogP contribution in [-0.2, 0) is 6.42 Å². The molecule has 17 heavy (non-hydrogen) atoms. The smallest absolute Gasteiger partial charge is 0.189 e. The molecule has 2 aromatic rings. The summed E-state index contributed by atoms with van der Waals surface area (Å²) in [5.74, 6) is 0.143. The Kier molecular flexibility index (Phi) is 2.33. The van der Waals surface area contributed by atoms with Gasteiger partial charge in [0.25, 0.3) is 0 Å². The molecular weight excluding hydrogens is 210 g/mol. The third kappa shape index (κ3) is 1.78. The van der Waals surface area contributed by atoms with Gasteiger partial charge in [0, 0.05) is 30.0 Å². The molecule has 0 saturated carbocycles. The maximum Gasteiger partial charge on any atom is 0.189 e. The summed E-state index contributed by atoms with van der Waals surface area (Å²) in [5.41, 5.74) is 3.78. The van der Waals surface area contributed by atoms with Gasteiger partial charge in [-0.3, -0.25) is 9.78 Å². The van der Waals surface area contributed by atoms with Crippen molar-refractivity contribution in [3.05, 3.63) is 71.1 Å². The molecule has 1 aliphatic carbocycles. The maximum absolute atomic E-state index is 12.1. The summed E-state index contributed by atoms with van der Waals surface area (Å²) in [5, 5.41) is 0. The molecule has 0 radical (unpaired) electrons. The second-order valence-electron chi connectivity index (χ2n) is 4.12. The highest BCUT2D eigenvalue weighted by Crippen LogP contribution is 2.27. The fourth-order valence-electron chi connectivity index (χ4n) is 2.13. The third-order valence-corrected chi connectivity index (χ3v) is 2.96. The average Bonchev–Trinajstić information content (AvgIpc) is 2.68. The van der Waals surface area contributed by atoms with Gasteiger partial charge in [-0.1, -0.05) is 30.3 Å². The van der Waals surface area contributed by atoms with Crippen molar-refractivity contribution in [1.29, 1.82) is 0 Å². The molecule has 1 aromatic heterocycles. The van der Waals surface area contributed by atoms with Gasteiger partial charge in [0.15, 0.2) is 5.78 Å². The van der Waals surface area contributed by atoms with Crippen LogP contribution in [0.2, 0.25) is 0 Å². The molecule has 2 heteroatoms. The first-order valence-electron chi connectivity index (χ1n) is 5.58. The van der Waals surface area contributed by atoms with Crippen LogP contribution in [0.15, 0.2) is 54.4 Å². The van der Waals surface area contributed by atoms with Crippen molar-refractivity contribution < 1.29 is 4.79 Å². The molecule has 0 saturated heterocycles. The molecule has 1 aliphatic rings. The largest absolute Gasteiger partial charge is 0.289 e. The number of Topliss-reactive ketones (excluding diaryl/α,β-unsaturated/α-hetero) is 1. The monoisotopic (exact) mass is 221 g/mol. The van der Waals surface area contributed by atoms with E-state index in [0.717, 1.165) is 28.7 Å². The first-order valence-corrected chi connectivity index (χ1v) is 5.58. The van der Waals surface area contributed by atoms with Gasteiger partial charge in [0.05, 0.1) is 0 Å². The molecule has 0 aliphatic heterocycles. The highest BCUT2D eigenvalue weighted by Gasteiger charge is 2.23. The van der Waals surface area contributed by atoms with Crippen molar-refractivity contribution in [3.8, 4) is 0 Å². The number of hydrogen-bond donors (Lipinski definition) is 0. The van der Waals surface area contributed by atoms with Crippen molar-refractivity contribution >= 4 is 11.9 Å². The van der Waals surface area contributed by atoms with Crippen LogP contribution >= 0.6 is 0 Å². The summed E-state index contributed by atoms with van der Waals surface area (Å²) in [7, 11) is 0. The Morgan fingerprint density at radius 1 is 1.12 bits per heavy atom. The topological polar surface area (TPSA) is 30.0 Å². The lowest BCUT2D eigenvalue weighted by Gasteiger charge is -1.95. The number of aromatic nitrogens is 1. The van der Waals surface area contributed by atoms with Crippen LogP contribution < -0.4 is 0 Å². The molecule has 2 nitrogen and oxygen atoms in total. The number of fused-ring (bicyclic) bond motifs is 1. The minimum atomic E-state index is 0.143. The number of rotatable bonds is 1. The molecule has 0 fully saturated rings. The fraction of sp³-hybridized carbons (Fsp3) is 0.0667. The van der Waals surface area contributed by atoms with E-state index in [1.54, 1.807) is 12.4 Å². The number of nitrogens with zero attached hydrogens (tertiary/aromatic N) is 1. The Morgan fingerprint density at radius 3 is 2.76 bits per heavy atom. The summed E-state index contributed by atoms with van der Waals surface area (Å²) in [6.07, 6.45) is 6.15. The van der Waals surface area contributed by atoms with E-state index in [-0.39, 0.29) is 5.78 Å². The van der Waals surface area contributed by atoms with Gasteiger partial charge in [-0.05, 0) is 23.3 Å². The van der Waals surface area contributed by atoms with Crippen LogP contribution in [0, 0.1) is 0 Å². The molecule has 3 rings (SSSR count). The Bertz CT molecular complexity index is 599. The molecular formula is C15H11NO. The molecule has 0 amide bonds. The van der Waals surface area contributed by atoms with E-state index in [4.69, 9.17) is 0 Å². The summed E-state index contributed by atoms with van der Waals surface area (Å²) in [6.45, 7) is 0.